The Bertz CT molecular complexity index is 439. The van der Waals surface area contributed by atoms with Gasteiger partial charge in [0.05, 0.1) is 0 Å². The number of carbonyl (C=O) groups excluding carboxylic acids is 2. The Hall–Kier alpha value is -1.06. The number of carbonyl (C=O) groups is 2. The van der Waals surface area contributed by atoms with Gasteiger partial charge in [0, 0.05) is 44.4 Å². The highest BCUT2D eigenvalue weighted by Crippen LogP contribution is 2.40. The Kier molecular flexibility index (Phi) is 4.88. The molecule has 1 atom stereocenters. The van der Waals surface area contributed by atoms with Gasteiger partial charge in [0.15, 0.2) is 0 Å². The summed E-state index contributed by atoms with van der Waals surface area (Å²) in [7, 11) is 0. The van der Waals surface area contributed by atoms with Crippen molar-refractivity contribution in [2.75, 3.05) is 26.2 Å². The molecule has 4 heteroatoms. The van der Waals surface area contributed by atoms with E-state index in [1.807, 2.05) is 9.80 Å². The molecular formula is C18H32N2O2. The second-order valence-electron chi connectivity index (χ2n) is 8.97. The first kappa shape index (κ1) is 17.3. The lowest BCUT2D eigenvalue weighted by atomic mass is 9.86. The van der Waals surface area contributed by atoms with Crippen molar-refractivity contribution in [3.63, 3.8) is 0 Å². The number of rotatable bonds is 3. The standard InChI is InChI=1S/C18H32N2O2/c1-14(2)10-15(21)19-8-6-18(12-19)7-9-20(13-18)16(22)11-17(3,4)5/h14H,6-13H2,1-5H3. The highest BCUT2D eigenvalue weighted by atomic mass is 16.2. The normalized spacial score (nSPS) is 25.5. The first-order valence-electron chi connectivity index (χ1n) is 8.66. The molecule has 0 aromatic rings. The van der Waals surface area contributed by atoms with E-state index in [-0.39, 0.29) is 22.6 Å². The van der Waals surface area contributed by atoms with Gasteiger partial charge in [-0.2, -0.15) is 0 Å². The van der Waals surface area contributed by atoms with Crippen molar-refractivity contribution >= 4 is 11.8 Å². The summed E-state index contributed by atoms with van der Waals surface area (Å²) in [6.45, 7) is 13.9. The van der Waals surface area contributed by atoms with Gasteiger partial charge >= 0.3 is 0 Å². The smallest absolute Gasteiger partial charge is 0.223 e. The maximum atomic E-state index is 12.4. The van der Waals surface area contributed by atoms with Crippen molar-refractivity contribution in [2.24, 2.45) is 16.7 Å². The second-order valence-corrected chi connectivity index (χ2v) is 8.97. The monoisotopic (exact) mass is 308 g/mol. The molecule has 0 aromatic heterocycles. The van der Waals surface area contributed by atoms with Gasteiger partial charge in [-0.15, -0.1) is 0 Å². The zero-order valence-electron chi connectivity index (χ0n) is 14.9. The molecule has 2 amide bonds. The molecule has 2 rings (SSSR count). The van der Waals surface area contributed by atoms with Gasteiger partial charge in [-0.25, -0.2) is 0 Å². The highest BCUT2D eigenvalue weighted by molar-refractivity contribution is 5.78. The fourth-order valence-corrected chi connectivity index (χ4v) is 3.67. The second kappa shape index (κ2) is 6.21. The zero-order chi connectivity index (χ0) is 16.5. The van der Waals surface area contributed by atoms with Crippen LogP contribution in [-0.2, 0) is 9.59 Å². The van der Waals surface area contributed by atoms with Gasteiger partial charge < -0.3 is 9.80 Å². The molecule has 0 aliphatic carbocycles. The molecule has 0 bridgehead atoms. The van der Waals surface area contributed by atoms with E-state index < -0.39 is 0 Å². The summed E-state index contributed by atoms with van der Waals surface area (Å²) < 4.78 is 0. The van der Waals surface area contributed by atoms with Crippen molar-refractivity contribution in [3.8, 4) is 0 Å². The number of hydrogen-bond donors (Lipinski definition) is 0. The molecule has 0 saturated carbocycles. The van der Waals surface area contributed by atoms with Gasteiger partial charge in [0.2, 0.25) is 11.8 Å². The predicted molar refractivity (Wildman–Crippen MR) is 88.4 cm³/mol. The molecule has 0 N–H and O–H groups in total. The lowest BCUT2D eigenvalue weighted by Crippen LogP contribution is -2.36. The molecule has 0 aromatic carbocycles. The van der Waals surface area contributed by atoms with Crippen LogP contribution in [0.4, 0.5) is 0 Å². The lowest BCUT2D eigenvalue weighted by molar-refractivity contribution is -0.132. The van der Waals surface area contributed by atoms with E-state index >= 15 is 0 Å². The summed E-state index contributed by atoms with van der Waals surface area (Å²) in [5.74, 6) is 0.972. The summed E-state index contributed by atoms with van der Waals surface area (Å²) >= 11 is 0. The third kappa shape index (κ3) is 4.23. The minimum atomic E-state index is 0.0434. The van der Waals surface area contributed by atoms with Crippen LogP contribution in [0.2, 0.25) is 0 Å². The largest absolute Gasteiger partial charge is 0.342 e. The molecule has 2 aliphatic rings. The average Bonchev–Trinajstić information content (AvgIpc) is 2.95. The fourth-order valence-electron chi connectivity index (χ4n) is 3.67. The summed E-state index contributed by atoms with van der Waals surface area (Å²) in [5.41, 5.74) is 0.210. The van der Waals surface area contributed by atoms with Crippen LogP contribution in [0.1, 0.15) is 60.3 Å². The molecule has 2 aliphatic heterocycles. The fraction of sp³-hybridized carbons (Fsp3) is 0.889. The van der Waals surface area contributed by atoms with Crippen LogP contribution in [-0.4, -0.2) is 47.8 Å². The van der Waals surface area contributed by atoms with Crippen LogP contribution in [0.25, 0.3) is 0 Å². The zero-order valence-corrected chi connectivity index (χ0v) is 14.9. The highest BCUT2D eigenvalue weighted by Gasteiger charge is 2.45. The van der Waals surface area contributed by atoms with Crippen LogP contribution < -0.4 is 0 Å². The first-order valence-corrected chi connectivity index (χ1v) is 8.66. The summed E-state index contributed by atoms with van der Waals surface area (Å²) in [6.07, 6.45) is 3.35. The SMILES string of the molecule is CC(C)CC(=O)N1CCC2(CCN(C(=O)CC(C)(C)C)C2)C1. The lowest BCUT2D eigenvalue weighted by Gasteiger charge is -2.26. The third-order valence-electron chi connectivity index (χ3n) is 4.85. The van der Waals surface area contributed by atoms with E-state index in [1.165, 1.54) is 0 Å². The van der Waals surface area contributed by atoms with E-state index in [4.69, 9.17) is 0 Å². The Morgan fingerprint density at radius 2 is 1.50 bits per heavy atom. The van der Waals surface area contributed by atoms with Crippen molar-refractivity contribution < 1.29 is 9.59 Å². The van der Waals surface area contributed by atoms with E-state index in [9.17, 15) is 9.59 Å². The number of likely N-dealkylation sites (tertiary alicyclic amines) is 2. The molecule has 1 spiro atoms. The van der Waals surface area contributed by atoms with Crippen LogP contribution in [0.5, 0.6) is 0 Å². The quantitative estimate of drug-likeness (QED) is 0.804. The third-order valence-corrected chi connectivity index (χ3v) is 4.85. The molecule has 2 fully saturated rings. The minimum Gasteiger partial charge on any atom is -0.342 e. The molecule has 2 saturated heterocycles. The van der Waals surface area contributed by atoms with Gasteiger partial charge in [-0.05, 0) is 24.2 Å². The van der Waals surface area contributed by atoms with Gasteiger partial charge in [-0.3, -0.25) is 9.59 Å². The topological polar surface area (TPSA) is 40.6 Å². The van der Waals surface area contributed by atoms with E-state index in [2.05, 4.69) is 34.6 Å². The summed E-state index contributed by atoms with van der Waals surface area (Å²) in [6, 6.07) is 0. The van der Waals surface area contributed by atoms with E-state index in [1.54, 1.807) is 0 Å². The van der Waals surface area contributed by atoms with E-state index in [0.29, 0.717) is 18.8 Å². The van der Waals surface area contributed by atoms with Gasteiger partial charge in [0.25, 0.3) is 0 Å². The Labute approximate surface area is 135 Å². The maximum absolute atomic E-state index is 12.4. The summed E-state index contributed by atoms with van der Waals surface area (Å²) in [4.78, 5) is 28.7. The van der Waals surface area contributed by atoms with Crippen LogP contribution in [0.15, 0.2) is 0 Å². The molecule has 126 valence electrons. The van der Waals surface area contributed by atoms with Gasteiger partial charge in [-0.1, -0.05) is 34.6 Å². The predicted octanol–water partition coefficient (Wildman–Crippen LogP) is 2.92. The average molecular weight is 308 g/mol. The summed E-state index contributed by atoms with van der Waals surface area (Å²) in [5, 5.41) is 0. The molecule has 2 heterocycles. The van der Waals surface area contributed by atoms with Crippen LogP contribution >= 0.6 is 0 Å². The van der Waals surface area contributed by atoms with Gasteiger partial charge in [0.1, 0.15) is 0 Å². The van der Waals surface area contributed by atoms with Crippen LogP contribution in [0, 0.1) is 16.7 Å². The number of hydrogen-bond acceptors (Lipinski definition) is 2. The minimum absolute atomic E-state index is 0.0434. The molecule has 1 unspecified atom stereocenters. The van der Waals surface area contributed by atoms with Crippen molar-refractivity contribution in [3.05, 3.63) is 0 Å². The Morgan fingerprint density at radius 1 is 1.00 bits per heavy atom. The number of amides is 2. The molecule has 4 nitrogen and oxygen atoms in total. The Balaban J connectivity index is 1.90. The maximum Gasteiger partial charge on any atom is 0.223 e. The Morgan fingerprint density at radius 3 is 1.95 bits per heavy atom. The van der Waals surface area contributed by atoms with E-state index in [0.717, 1.165) is 39.0 Å². The van der Waals surface area contributed by atoms with Crippen molar-refractivity contribution in [1.29, 1.82) is 0 Å². The van der Waals surface area contributed by atoms with Crippen molar-refractivity contribution in [2.45, 2.75) is 60.3 Å². The first-order chi connectivity index (χ1) is 10.1. The molecular weight excluding hydrogens is 276 g/mol. The molecule has 22 heavy (non-hydrogen) atoms. The molecule has 0 radical (unpaired) electrons. The number of nitrogens with zero attached hydrogens (tertiary/aromatic N) is 2. The van der Waals surface area contributed by atoms with Crippen molar-refractivity contribution in [1.82, 2.24) is 9.80 Å². The van der Waals surface area contributed by atoms with Crippen LogP contribution in [0.3, 0.4) is 0 Å².